The molecule has 0 heterocycles. The largest absolute Gasteiger partial charge is 0.0917 e. The van der Waals surface area contributed by atoms with Crippen LogP contribution in [-0.2, 0) is 0 Å². The van der Waals surface area contributed by atoms with Gasteiger partial charge in [-0.2, -0.15) is 0 Å². The van der Waals surface area contributed by atoms with Crippen molar-refractivity contribution in [3.05, 3.63) is 12.2 Å². The van der Waals surface area contributed by atoms with Crippen molar-refractivity contribution in [2.45, 2.75) is 46.5 Å². The molecule has 0 N–H and O–H groups in total. The van der Waals surface area contributed by atoms with Crippen molar-refractivity contribution in [2.75, 3.05) is 0 Å². The van der Waals surface area contributed by atoms with Gasteiger partial charge in [-0.3, -0.25) is 0 Å². The van der Waals surface area contributed by atoms with E-state index < -0.39 is 0 Å². The normalized spacial score (nSPS) is 58.6. The van der Waals surface area contributed by atoms with Gasteiger partial charge in [-0.15, -0.1) is 0 Å². The van der Waals surface area contributed by atoms with Crippen molar-refractivity contribution in [3.8, 4) is 0 Å². The molecule has 14 heavy (non-hydrogen) atoms. The fraction of sp³-hybridized carbons (Fsp3) is 0.857. The first kappa shape index (κ1) is 9.00. The summed E-state index contributed by atoms with van der Waals surface area (Å²) >= 11 is 0. The second kappa shape index (κ2) is 2.46. The van der Waals surface area contributed by atoms with E-state index in [1.54, 1.807) is 12.8 Å². The topological polar surface area (TPSA) is 0 Å². The van der Waals surface area contributed by atoms with E-state index in [0.29, 0.717) is 5.41 Å². The molecular formula is C14H22. The summed E-state index contributed by atoms with van der Waals surface area (Å²) in [6.07, 6.45) is 10.4. The van der Waals surface area contributed by atoms with Crippen LogP contribution in [0, 0.1) is 28.6 Å². The van der Waals surface area contributed by atoms with Crippen molar-refractivity contribution in [1.29, 1.82) is 0 Å². The van der Waals surface area contributed by atoms with Crippen LogP contribution in [0.4, 0.5) is 0 Å². The van der Waals surface area contributed by atoms with Gasteiger partial charge in [0, 0.05) is 0 Å². The molecule has 0 aliphatic heterocycles. The molecule has 0 saturated heterocycles. The third kappa shape index (κ3) is 0.741. The highest BCUT2D eigenvalue weighted by Crippen LogP contribution is 2.86. The molecular weight excluding hydrogens is 168 g/mol. The highest BCUT2D eigenvalue weighted by Gasteiger charge is 2.80. The van der Waals surface area contributed by atoms with Crippen LogP contribution in [-0.4, -0.2) is 0 Å². The van der Waals surface area contributed by atoms with Crippen LogP contribution < -0.4 is 0 Å². The van der Waals surface area contributed by atoms with Crippen LogP contribution in [0.3, 0.4) is 0 Å². The van der Waals surface area contributed by atoms with Crippen molar-refractivity contribution in [1.82, 2.24) is 0 Å². The number of hydrogen-bond acceptors (Lipinski definition) is 0. The van der Waals surface area contributed by atoms with Crippen molar-refractivity contribution in [3.63, 3.8) is 0 Å². The molecule has 4 bridgehead atoms. The van der Waals surface area contributed by atoms with Gasteiger partial charge < -0.3 is 0 Å². The molecule has 2 unspecified atom stereocenters. The summed E-state index contributed by atoms with van der Waals surface area (Å²) in [7, 11) is 0. The van der Waals surface area contributed by atoms with Crippen molar-refractivity contribution in [2.24, 2.45) is 28.6 Å². The van der Waals surface area contributed by atoms with Gasteiger partial charge in [-0.1, -0.05) is 26.0 Å². The molecule has 0 nitrogen and oxygen atoms in total. The van der Waals surface area contributed by atoms with E-state index in [0.717, 1.165) is 23.2 Å². The SMILES string of the molecule is C/C=C\CC[C@]1(C)C2CC3C(C2)C31C. The Morgan fingerprint density at radius 1 is 1.21 bits per heavy atom. The minimum absolute atomic E-state index is 0.696. The smallest absolute Gasteiger partial charge is 0.0207 e. The summed E-state index contributed by atoms with van der Waals surface area (Å²) in [5.74, 6) is 3.33. The Morgan fingerprint density at radius 3 is 2.29 bits per heavy atom. The summed E-state index contributed by atoms with van der Waals surface area (Å²) in [5, 5.41) is 0. The molecule has 0 spiro atoms. The second-order valence-electron chi connectivity index (χ2n) is 6.19. The van der Waals surface area contributed by atoms with Gasteiger partial charge in [-0.25, -0.2) is 0 Å². The van der Waals surface area contributed by atoms with E-state index >= 15 is 0 Å². The lowest BCUT2D eigenvalue weighted by atomic mass is 9.71. The van der Waals surface area contributed by atoms with Gasteiger partial charge in [0.15, 0.2) is 0 Å². The summed E-state index contributed by atoms with van der Waals surface area (Å²) in [5.41, 5.74) is 1.46. The third-order valence-electron chi connectivity index (χ3n) is 6.19. The van der Waals surface area contributed by atoms with E-state index in [-0.39, 0.29) is 0 Å². The van der Waals surface area contributed by atoms with Gasteiger partial charge in [0.25, 0.3) is 0 Å². The zero-order valence-electron chi connectivity index (χ0n) is 9.72. The first-order chi connectivity index (χ1) is 6.64. The number of allylic oxidation sites excluding steroid dienone is 2. The number of hydrogen-bond donors (Lipinski definition) is 0. The average molecular weight is 190 g/mol. The molecule has 0 aromatic carbocycles. The molecule has 4 aliphatic rings. The van der Waals surface area contributed by atoms with Gasteiger partial charge in [0.2, 0.25) is 0 Å². The molecule has 78 valence electrons. The third-order valence-corrected chi connectivity index (χ3v) is 6.19. The van der Waals surface area contributed by atoms with Crippen molar-refractivity contribution < 1.29 is 0 Å². The summed E-state index contributed by atoms with van der Waals surface area (Å²) < 4.78 is 0. The molecule has 0 aromatic rings. The van der Waals surface area contributed by atoms with Crippen LogP contribution in [0.2, 0.25) is 0 Å². The minimum atomic E-state index is 0.696. The predicted molar refractivity (Wildman–Crippen MR) is 60.0 cm³/mol. The van der Waals surface area contributed by atoms with Crippen LogP contribution >= 0.6 is 0 Å². The highest BCUT2D eigenvalue weighted by molar-refractivity contribution is 5.28. The maximum absolute atomic E-state index is 2.58. The van der Waals surface area contributed by atoms with Crippen LogP contribution in [0.15, 0.2) is 12.2 Å². The van der Waals surface area contributed by atoms with Crippen LogP contribution in [0.5, 0.6) is 0 Å². The molecule has 3 atom stereocenters. The van der Waals surface area contributed by atoms with Crippen molar-refractivity contribution >= 4 is 0 Å². The zero-order chi connectivity index (χ0) is 9.97. The Balaban J connectivity index is 1.78. The second-order valence-corrected chi connectivity index (χ2v) is 6.19. The van der Waals surface area contributed by atoms with E-state index in [1.165, 1.54) is 12.8 Å². The first-order valence-electron chi connectivity index (χ1n) is 6.25. The molecule has 0 heteroatoms. The maximum Gasteiger partial charge on any atom is -0.0207 e. The Kier molecular flexibility index (Phi) is 1.58. The average Bonchev–Trinajstić information content (AvgIpc) is 2.56. The Bertz CT molecular complexity index is 276. The molecule has 4 saturated carbocycles. The lowest BCUT2D eigenvalue weighted by molar-refractivity contribution is 0.155. The minimum Gasteiger partial charge on any atom is -0.0917 e. The van der Waals surface area contributed by atoms with Crippen LogP contribution in [0.25, 0.3) is 0 Å². The summed E-state index contributed by atoms with van der Waals surface area (Å²) in [4.78, 5) is 0. The fourth-order valence-electron chi connectivity index (χ4n) is 5.06. The Hall–Kier alpha value is -0.260. The van der Waals surface area contributed by atoms with E-state index in [2.05, 4.69) is 32.9 Å². The zero-order valence-corrected chi connectivity index (χ0v) is 9.72. The Morgan fingerprint density at radius 2 is 1.86 bits per heavy atom. The molecule has 4 rings (SSSR count). The summed E-state index contributed by atoms with van der Waals surface area (Å²) in [6, 6.07) is 0. The summed E-state index contributed by atoms with van der Waals surface area (Å²) in [6.45, 7) is 7.29. The standard InChI is InChI=1S/C14H22/c1-4-5-6-7-13(2)10-8-11-12(9-10)14(11,13)3/h4-5,10-12H,6-9H2,1-3H3/b5-4-/t10?,11?,12?,13-,14?/m1/s1. The monoisotopic (exact) mass is 190 g/mol. The highest BCUT2D eigenvalue weighted by atomic mass is 14.8. The maximum atomic E-state index is 2.58. The van der Waals surface area contributed by atoms with E-state index in [1.807, 2.05) is 0 Å². The molecule has 0 amide bonds. The lowest BCUT2D eigenvalue weighted by Crippen LogP contribution is -2.26. The fourth-order valence-corrected chi connectivity index (χ4v) is 5.06. The van der Waals surface area contributed by atoms with E-state index in [9.17, 15) is 0 Å². The predicted octanol–water partition coefficient (Wildman–Crippen LogP) is 4.02. The molecule has 4 fully saturated rings. The van der Waals surface area contributed by atoms with Gasteiger partial charge in [0.1, 0.15) is 0 Å². The lowest BCUT2D eigenvalue weighted by Gasteiger charge is -2.34. The van der Waals surface area contributed by atoms with E-state index in [4.69, 9.17) is 0 Å². The van der Waals surface area contributed by atoms with Gasteiger partial charge in [0.05, 0.1) is 0 Å². The van der Waals surface area contributed by atoms with Gasteiger partial charge in [-0.05, 0) is 61.2 Å². The first-order valence-corrected chi connectivity index (χ1v) is 6.25. The molecule has 0 aromatic heterocycles. The molecule has 4 aliphatic carbocycles. The van der Waals surface area contributed by atoms with Crippen LogP contribution in [0.1, 0.15) is 46.5 Å². The number of rotatable bonds is 3. The Labute approximate surface area is 87.8 Å². The van der Waals surface area contributed by atoms with Gasteiger partial charge >= 0.3 is 0 Å². The quantitative estimate of drug-likeness (QED) is 0.589. The molecule has 0 radical (unpaired) electrons.